The predicted molar refractivity (Wildman–Crippen MR) is 79.7 cm³/mol. The van der Waals surface area contributed by atoms with E-state index < -0.39 is 0 Å². The van der Waals surface area contributed by atoms with E-state index in [1.54, 1.807) is 0 Å². The Bertz CT molecular complexity index is 409. The molecule has 2 heterocycles. The van der Waals surface area contributed by atoms with Gasteiger partial charge in [0.25, 0.3) is 0 Å². The molecule has 0 amide bonds. The van der Waals surface area contributed by atoms with E-state index in [9.17, 15) is 0 Å². The van der Waals surface area contributed by atoms with Gasteiger partial charge < -0.3 is 15.2 Å². The first kappa shape index (κ1) is 13.1. The Balaban J connectivity index is 1.63. The van der Waals surface area contributed by atoms with Crippen molar-refractivity contribution in [3.8, 4) is 5.75 Å². The Hall–Kier alpha value is -0.870. The van der Waals surface area contributed by atoms with E-state index in [0.29, 0.717) is 0 Å². The van der Waals surface area contributed by atoms with E-state index in [4.69, 9.17) is 15.2 Å². The second-order valence-corrected chi connectivity index (χ2v) is 6.67. The molecule has 2 saturated heterocycles. The van der Waals surface area contributed by atoms with Gasteiger partial charge in [-0.3, -0.25) is 0 Å². The predicted octanol–water partition coefficient (Wildman–Crippen LogP) is 3.09. The van der Waals surface area contributed by atoms with E-state index in [2.05, 4.69) is 0 Å². The zero-order valence-electron chi connectivity index (χ0n) is 11.1. The molecule has 3 rings (SSSR count). The largest absolute Gasteiger partial charge is 0.490 e. The summed E-state index contributed by atoms with van der Waals surface area (Å²) in [5, 5.41) is 0. The number of benzene rings is 1. The molecule has 0 radical (unpaired) electrons. The number of nitrogens with two attached hydrogens (primary N) is 1. The lowest BCUT2D eigenvalue weighted by molar-refractivity contribution is -0.116. The molecular formula is C15H21NO2S. The first-order valence-electron chi connectivity index (χ1n) is 7.00. The third-order valence-electron chi connectivity index (χ3n) is 4.03. The van der Waals surface area contributed by atoms with Crippen LogP contribution in [-0.4, -0.2) is 29.8 Å². The molecule has 0 aliphatic carbocycles. The van der Waals surface area contributed by atoms with E-state index in [0.717, 1.165) is 30.9 Å². The molecule has 2 N–H and O–H groups in total. The second kappa shape index (κ2) is 5.63. The number of nitrogen functional groups attached to an aromatic ring is 1. The zero-order chi connectivity index (χ0) is 13.1. The van der Waals surface area contributed by atoms with E-state index in [1.807, 2.05) is 36.0 Å². The summed E-state index contributed by atoms with van der Waals surface area (Å²) in [6.07, 6.45) is 4.62. The highest BCUT2D eigenvalue weighted by Gasteiger charge is 2.39. The van der Waals surface area contributed by atoms with Crippen LogP contribution in [0.4, 0.5) is 5.69 Å². The number of hydrogen-bond acceptors (Lipinski definition) is 4. The van der Waals surface area contributed by atoms with Crippen molar-refractivity contribution in [2.24, 2.45) is 0 Å². The van der Waals surface area contributed by atoms with Crippen LogP contribution in [0.15, 0.2) is 24.3 Å². The van der Waals surface area contributed by atoms with Crippen LogP contribution >= 0.6 is 11.8 Å². The van der Waals surface area contributed by atoms with Crippen LogP contribution in [0.25, 0.3) is 0 Å². The summed E-state index contributed by atoms with van der Waals surface area (Å²) >= 11 is 2.03. The lowest BCUT2D eigenvalue weighted by Gasteiger charge is -2.43. The molecule has 1 atom stereocenters. The fourth-order valence-corrected chi connectivity index (χ4v) is 4.15. The first-order chi connectivity index (χ1) is 9.26. The number of ether oxygens (including phenoxy) is 2. The lowest BCUT2D eigenvalue weighted by atomic mass is 9.86. The van der Waals surface area contributed by atoms with Gasteiger partial charge in [-0.2, -0.15) is 11.8 Å². The van der Waals surface area contributed by atoms with E-state index >= 15 is 0 Å². The minimum absolute atomic E-state index is 0.0853. The van der Waals surface area contributed by atoms with Crippen molar-refractivity contribution < 1.29 is 9.47 Å². The van der Waals surface area contributed by atoms with E-state index in [1.165, 1.54) is 24.3 Å². The van der Waals surface area contributed by atoms with Gasteiger partial charge in [-0.25, -0.2) is 0 Å². The molecule has 4 heteroatoms. The van der Waals surface area contributed by atoms with Gasteiger partial charge in [-0.15, -0.1) is 0 Å². The molecule has 1 aromatic rings. The summed E-state index contributed by atoms with van der Waals surface area (Å²) in [5.74, 6) is 3.35. The fraction of sp³-hybridized carbons (Fsp3) is 0.600. The maximum Gasteiger partial charge on any atom is 0.119 e. The van der Waals surface area contributed by atoms with Crippen molar-refractivity contribution in [3.05, 3.63) is 24.3 Å². The zero-order valence-corrected chi connectivity index (χ0v) is 12.0. The van der Waals surface area contributed by atoms with Crippen molar-refractivity contribution in [2.75, 3.05) is 23.8 Å². The van der Waals surface area contributed by atoms with Gasteiger partial charge in [0.15, 0.2) is 0 Å². The molecule has 3 nitrogen and oxygen atoms in total. The Morgan fingerprint density at radius 1 is 1.21 bits per heavy atom. The SMILES string of the molecule is Nc1ccc(OC2CCOC3(CCSCC3)C2)cc1. The summed E-state index contributed by atoms with van der Waals surface area (Å²) in [6.45, 7) is 0.824. The number of rotatable bonds is 2. The van der Waals surface area contributed by atoms with Crippen molar-refractivity contribution in [3.63, 3.8) is 0 Å². The van der Waals surface area contributed by atoms with Crippen LogP contribution in [0.1, 0.15) is 25.7 Å². The molecule has 104 valence electrons. The van der Waals surface area contributed by atoms with Crippen LogP contribution in [0, 0.1) is 0 Å². The van der Waals surface area contributed by atoms with Crippen molar-refractivity contribution in [1.82, 2.24) is 0 Å². The molecular weight excluding hydrogens is 258 g/mol. The smallest absolute Gasteiger partial charge is 0.119 e. The van der Waals surface area contributed by atoms with Crippen molar-refractivity contribution in [1.29, 1.82) is 0 Å². The third kappa shape index (κ3) is 3.18. The number of hydrogen-bond donors (Lipinski definition) is 1. The van der Waals surface area contributed by atoms with Gasteiger partial charge >= 0.3 is 0 Å². The van der Waals surface area contributed by atoms with Crippen molar-refractivity contribution in [2.45, 2.75) is 37.4 Å². The van der Waals surface area contributed by atoms with Gasteiger partial charge in [0.2, 0.25) is 0 Å². The maximum absolute atomic E-state index is 6.10. The Morgan fingerprint density at radius 3 is 2.68 bits per heavy atom. The first-order valence-corrected chi connectivity index (χ1v) is 8.15. The van der Waals surface area contributed by atoms with E-state index in [-0.39, 0.29) is 11.7 Å². The molecule has 0 bridgehead atoms. The van der Waals surface area contributed by atoms with Crippen LogP contribution in [0.2, 0.25) is 0 Å². The highest BCUT2D eigenvalue weighted by atomic mass is 32.2. The van der Waals surface area contributed by atoms with Gasteiger partial charge in [0.05, 0.1) is 12.2 Å². The Labute approximate surface area is 118 Å². The minimum atomic E-state index is 0.0853. The third-order valence-corrected chi connectivity index (χ3v) is 5.02. The monoisotopic (exact) mass is 279 g/mol. The average Bonchev–Trinajstić information content (AvgIpc) is 2.42. The van der Waals surface area contributed by atoms with Crippen LogP contribution in [0.3, 0.4) is 0 Å². The highest BCUT2D eigenvalue weighted by molar-refractivity contribution is 7.99. The molecule has 1 aromatic carbocycles. The lowest BCUT2D eigenvalue weighted by Crippen LogP contribution is -2.46. The molecule has 1 unspecified atom stereocenters. The normalized spacial score (nSPS) is 26.2. The van der Waals surface area contributed by atoms with Gasteiger partial charge in [-0.1, -0.05) is 0 Å². The molecule has 19 heavy (non-hydrogen) atoms. The molecule has 0 aromatic heterocycles. The van der Waals surface area contributed by atoms with Crippen LogP contribution in [0.5, 0.6) is 5.75 Å². The van der Waals surface area contributed by atoms with Gasteiger partial charge in [-0.05, 0) is 48.6 Å². The van der Waals surface area contributed by atoms with Crippen LogP contribution in [-0.2, 0) is 4.74 Å². The van der Waals surface area contributed by atoms with Gasteiger partial charge in [0, 0.05) is 18.5 Å². The Kier molecular flexibility index (Phi) is 3.89. The molecule has 0 saturated carbocycles. The minimum Gasteiger partial charge on any atom is -0.490 e. The summed E-state index contributed by atoms with van der Waals surface area (Å²) in [5.41, 5.74) is 6.56. The summed E-state index contributed by atoms with van der Waals surface area (Å²) in [4.78, 5) is 0. The average molecular weight is 279 g/mol. The summed E-state index contributed by atoms with van der Waals surface area (Å²) in [6, 6.07) is 7.69. The number of thioether (sulfide) groups is 1. The Morgan fingerprint density at radius 2 is 1.95 bits per heavy atom. The molecule has 2 aliphatic rings. The van der Waals surface area contributed by atoms with Crippen molar-refractivity contribution >= 4 is 17.4 Å². The summed E-state index contributed by atoms with van der Waals surface area (Å²) < 4.78 is 12.2. The standard InChI is InChI=1S/C15H21NO2S/c16-12-1-3-13(4-2-12)18-14-5-8-17-15(11-14)6-9-19-10-7-15/h1-4,14H,5-11,16H2. The van der Waals surface area contributed by atoms with Crippen LogP contribution < -0.4 is 10.5 Å². The second-order valence-electron chi connectivity index (χ2n) is 5.45. The quantitative estimate of drug-likeness (QED) is 0.845. The van der Waals surface area contributed by atoms with Gasteiger partial charge in [0.1, 0.15) is 11.9 Å². The maximum atomic E-state index is 6.10. The topological polar surface area (TPSA) is 44.5 Å². The highest BCUT2D eigenvalue weighted by Crippen LogP contribution is 2.38. The number of anilines is 1. The molecule has 2 aliphatic heterocycles. The molecule has 2 fully saturated rings. The fourth-order valence-electron chi connectivity index (χ4n) is 2.91. The summed E-state index contributed by atoms with van der Waals surface area (Å²) in [7, 11) is 0. The molecule has 1 spiro atoms.